The van der Waals surface area contributed by atoms with Gasteiger partial charge in [-0.1, -0.05) is 42.5 Å². The van der Waals surface area contributed by atoms with Crippen LogP contribution in [-0.4, -0.2) is 31.9 Å². The number of nitriles is 1. The van der Waals surface area contributed by atoms with Crippen LogP contribution >= 0.6 is 0 Å². The maximum absolute atomic E-state index is 10.1. The summed E-state index contributed by atoms with van der Waals surface area (Å²) in [5, 5.41) is 17.0. The SMILES string of the molecule is COc1ccc(C2=NN([C@H](C#N)c3ccc(N(C)C)cc3)[C@@H](c3ccccc3)C2)cc1. The first-order valence-electron chi connectivity index (χ1n) is 10.3. The third kappa shape index (κ3) is 4.24. The minimum absolute atomic E-state index is 0.00326. The Balaban J connectivity index is 1.72. The molecular weight excluding hydrogens is 384 g/mol. The van der Waals surface area contributed by atoms with Gasteiger partial charge in [-0.15, -0.1) is 0 Å². The van der Waals surface area contributed by atoms with E-state index < -0.39 is 6.04 Å². The Morgan fingerprint density at radius 2 is 1.68 bits per heavy atom. The molecular formula is C26H26N4O. The fourth-order valence-corrected chi connectivity index (χ4v) is 3.91. The second-order valence-electron chi connectivity index (χ2n) is 7.80. The van der Waals surface area contributed by atoms with E-state index in [0.29, 0.717) is 0 Å². The van der Waals surface area contributed by atoms with Crippen LogP contribution in [-0.2, 0) is 0 Å². The van der Waals surface area contributed by atoms with Crippen LogP contribution in [0.5, 0.6) is 5.75 Å². The average molecular weight is 411 g/mol. The Hall–Kier alpha value is -3.78. The molecule has 0 unspecified atom stereocenters. The van der Waals surface area contributed by atoms with Crippen LogP contribution in [0.25, 0.3) is 0 Å². The summed E-state index contributed by atoms with van der Waals surface area (Å²) in [7, 11) is 5.68. The highest BCUT2D eigenvalue weighted by atomic mass is 16.5. The lowest BCUT2D eigenvalue weighted by Crippen LogP contribution is -2.24. The number of methoxy groups -OCH3 is 1. The zero-order valence-corrected chi connectivity index (χ0v) is 18.1. The van der Waals surface area contributed by atoms with Crippen molar-refractivity contribution >= 4 is 11.4 Å². The van der Waals surface area contributed by atoms with Crippen LogP contribution < -0.4 is 9.64 Å². The predicted molar refractivity (Wildman–Crippen MR) is 124 cm³/mol. The molecule has 0 saturated heterocycles. The summed E-state index contributed by atoms with van der Waals surface area (Å²) in [5.41, 5.74) is 5.21. The summed E-state index contributed by atoms with van der Waals surface area (Å²) in [4.78, 5) is 2.05. The molecule has 0 radical (unpaired) electrons. The Kier molecular flexibility index (Phi) is 5.90. The molecule has 3 aromatic rings. The van der Waals surface area contributed by atoms with Gasteiger partial charge in [0.2, 0.25) is 0 Å². The Labute approximate surface area is 183 Å². The fraction of sp³-hybridized carbons (Fsp3) is 0.231. The summed E-state index contributed by atoms with van der Waals surface area (Å²) in [5.74, 6) is 0.815. The van der Waals surface area contributed by atoms with Crippen molar-refractivity contribution in [3.05, 3.63) is 95.6 Å². The second kappa shape index (κ2) is 8.93. The molecule has 2 atom stereocenters. The van der Waals surface area contributed by atoms with E-state index in [1.807, 2.05) is 90.7 Å². The van der Waals surface area contributed by atoms with E-state index in [1.165, 1.54) is 0 Å². The highest BCUT2D eigenvalue weighted by Crippen LogP contribution is 2.39. The van der Waals surface area contributed by atoms with Crippen molar-refractivity contribution < 1.29 is 4.74 Å². The van der Waals surface area contributed by atoms with E-state index in [1.54, 1.807) is 7.11 Å². The van der Waals surface area contributed by atoms with Crippen LogP contribution in [0.2, 0.25) is 0 Å². The molecule has 0 bridgehead atoms. The zero-order chi connectivity index (χ0) is 21.8. The van der Waals surface area contributed by atoms with E-state index in [0.717, 1.165) is 40.3 Å². The first-order chi connectivity index (χ1) is 15.1. The Bertz CT molecular complexity index is 1080. The monoisotopic (exact) mass is 410 g/mol. The first-order valence-corrected chi connectivity index (χ1v) is 10.3. The number of rotatable bonds is 6. The molecule has 156 valence electrons. The quantitative estimate of drug-likeness (QED) is 0.562. The highest BCUT2D eigenvalue weighted by molar-refractivity contribution is 6.02. The van der Waals surface area contributed by atoms with Crippen molar-refractivity contribution in [2.75, 3.05) is 26.1 Å². The maximum Gasteiger partial charge on any atom is 0.159 e. The molecule has 0 fully saturated rings. The van der Waals surface area contributed by atoms with Crippen LogP contribution in [0.4, 0.5) is 5.69 Å². The van der Waals surface area contributed by atoms with Crippen molar-refractivity contribution in [1.29, 1.82) is 5.26 Å². The molecule has 1 heterocycles. The average Bonchev–Trinajstić information content (AvgIpc) is 3.25. The molecule has 4 rings (SSSR count). The molecule has 0 N–H and O–H groups in total. The molecule has 3 aromatic carbocycles. The van der Waals surface area contributed by atoms with Gasteiger partial charge in [-0.25, -0.2) is 0 Å². The van der Waals surface area contributed by atoms with Gasteiger partial charge in [-0.05, 0) is 53.1 Å². The van der Waals surface area contributed by atoms with E-state index >= 15 is 0 Å². The molecule has 0 aromatic heterocycles. The number of ether oxygens (including phenoxy) is 1. The third-order valence-corrected chi connectivity index (χ3v) is 5.66. The Morgan fingerprint density at radius 1 is 1.00 bits per heavy atom. The van der Waals surface area contributed by atoms with Gasteiger partial charge in [-0.2, -0.15) is 10.4 Å². The molecule has 0 aliphatic carbocycles. The van der Waals surface area contributed by atoms with Gasteiger partial charge in [0.15, 0.2) is 6.04 Å². The highest BCUT2D eigenvalue weighted by Gasteiger charge is 2.34. The summed E-state index contributed by atoms with van der Waals surface area (Å²) in [6.07, 6.45) is 0.740. The lowest BCUT2D eigenvalue weighted by atomic mass is 9.97. The van der Waals surface area contributed by atoms with E-state index in [-0.39, 0.29) is 6.04 Å². The van der Waals surface area contributed by atoms with E-state index in [4.69, 9.17) is 9.84 Å². The summed E-state index contributed by atoms with van der Waals surface area (Å²) >= 11 is 0. The molecule has 1 aliphatic rings. The number of hydrogen-bond acceptors (Lipinski definition) is 5. The minimum atomic E-state index is -0.475. The van der Waals surface area contributed by atoms with Crippen LogP contribution in [0.3, 0.4) is 0 Å². The van der Waals surface area contributed by atoms with E-state index in [2.05, 4.69) is 18.2 Å². The van der Waals surface area contributed by atoms with Gasteiger partial charge < -0.3 is 9.64 Å². The molecule has 0 amide bonds. The molecule has 31 heavy (non-hydrogen) atoms. The molecule has 5 nitrogen and oxygen atoms in total. The molecule has 5 heteroatoms. The van der Waals surface area contributed by atoms with Gasteiger partial charge in [0.1, 0.15) is 5.75 Å². The topological polar surface area (TPSA) is 51.9 Å². The van der Waals surface area contributed by atoms with E-state index in [9.17, 15) is 5.26 Å². The van der Waals surface area contributed by atoms with Crippen molar-refractivity contribution in [1.82, 2.24) is 5.01 Å². The standard InChI is InChI=1S/C26H26N4O/c1-29(2)22-13-9-21(10-14-22)26(18-27)30-25(20-7-5-4-6-8-20)17-24(28-30)19-11-15-23(31-3)16-12-19/h4-16,25-26H,17H2,1-3H3/t25-,26-/m1/s1. The van der Waals surface area contributed by atoms with Crippen LogP contribution in [0.15, 0.2) is 84.0 Å². The van der Waals surface area contributed by atoms with Gasteiger partial charge in [0.05, 0.1) is 24.9 Å². The van der Waals surface area contributed by atoms with Gasteiger partial charge in [0.25, 0.3) is 0 Å². The fourth-order valence-electron chi connectivity index (χ4n) is 3.91. The first kappa shape index (κ1) is 20.5. The normalized spacial score (nSPS) is 16.4. The van der Waals surface area contributed by atoms with Crippen LogP contribution in [0.1, 0.15) is 35.2 Å². The molecule has 0 saturated carbocycles. The van der Waals surface area contributed by atoms with Crippen molar-refractivity contribution in [3.63, 3.8) is 0 Å². The van der Waals surface area contributed by atoms with Crippen molar-refractivity contribution in [3.8, 4) is 11.8 Å². The Morgan fingerprint density at radius 3 is 2.26 bits per heavy atom. The van der Waals surface area contributed by atoms with Crippen molar-refractivity contribution in [2.24, 2.45) is 5.10 Å². The smallest absolute Gasteiger partial charge is 0.159 e. The van der Waals surface area contributed by atoms with Gasteiger partial charge >= 0.3 is 0 Å². The summed E-state index contributed by atoms with van der Waals surface area (Å²) in [6.45, 7) is 0. The largest absolute Gasteiger partial charge is 0.497 e. The van der Waals surface area contributed by atoms with Gasteiger partial charge in [0, 0.05) is 26.2 Å². The number of nitrogens with zero attached hydrogens (tertiary/aromatic N) is 4. The third-order valence-electron chi connectivity index (χ3n) is 5.66. The van der Waals surface area contributed by atoms with Crippen molar-refractivity contribution in [2.45, 2.75) is 18.5 Å². The molecule has 0 spiro atoms. The number of hydrogen-bond donors (Lipinski definition) is 0. The predicted octanol–water partition coefficient (Wildman–Crippen LogP) is 5.18. The minimum Gasteiger partial charge on any atom is -0.497 e. The van der Waals surface area contributed by atoms with Gasteiger partial charge in [-0.3, -0.25) is 5.01 Å². The summed E-state index contributed by atoms with van der Waals surface area (Å²) in [6, 6.07) is 28.4. The number of benzene rings is 3. The number of anilines is 1. The summed E-state index contributed by atoms with van der Waals surface area (Å²) < 4.78 is 5.29. The molecule has 1 aliphatic heterocycles. The zero-order valence-electron chi connectivity index (χ0n) is 18.1. The second-order valence-corrected chi connectivity index (χ2v) is 7.80. The lowest BCUT2D eigenvalue weighted by Gasteiger charge is -2.28. The maximum atomic E-state index is 10.1. The number of hydrazone groups is 1. The van der Waals surface area contributed by atoms with Crippen LogP contribution in [0, 0.1) is 11.3 Å². The lowest BCUT2D eigenvalue weighted by molar-refractivity contribution is 0.196.